The van der Waals surface area contributed by atoms with Gasteiger partial charge in [-0.3, -0.25) is 4.79 Å². The number of aryl methyl sites for hydroxylation is 2. The van der Waals surface area contributed by atoms with Gasteiger partial charge in [-0.1, -0.05) is 25.5 Å². The lowest BCUT2D eigenvalue weighted by Gasteiger charge is -2.10. The second kappa shape index (κ2) is 5.49. The lowest BCUT2D eigenvalue weighted by Crippen LogP contribution is -2.03. The molecule has 0 heterocycles. The smallest absolute Gasteiger partial charge is 0.211 e. The van der Waals surface area contributed by atoms with E-state index in [1.807, 2.05) is 6.07 Å². The molecule has 15 heavy (non-hydrogen) atoms. The van der Waals surface area contributed by atoms with Crippen molar-refractivity contribution in [1.29, 1.82) is 0 Å². The summed E-state index contributed by atoms with van der Waals surface area (Å²) >= 11 is 0. The van der Waals surface area contributed by atoms with E-state index in [1.54, 1.807) is 13.0 Å². The predicted molar refractivity (Wildman–Crippen MR) is 59.4 cm³/mol. The van der Waals surface area contributed by atoms with Crippen LogP contribution < -0.4 is 5.32 Å². The number of carbonyl (C=O) groups is 1. The summed E-state index contributed by atoms with van der Waals surface area (Å²) in [6.45, 7) is 3.77. The van der Waals surface area contributed by atoms with Gasteiger partial charge in [0.05, 0.1) is 5.69 Å². The number of rotatable bonds is 5. The van der Waals surface area contributed by atoms with Crippen LogP contribution in [0.3, 0.4) is 0 Å². The highest BCUT2D eigenvalue weighted by Gasteiger charge is 2.09. The third-order valence-electron chi connectivity index (χ3n) is 2.42. The fourth-order valence-electron chi connectivity index (χ4n) is 1.51. The van der Waals surface area contributed by atoms with Crippen LogP contribution in [0.4, 0.5) is 10.1 Å². The zero-order chi connectivity index (χ0) is 11.3. The van der Waals surface area contributed by atoms with Crippen molar-refractivity contribution in [2.45, 2.75) is 33.1 Å². The Kier molecular flexibility index (Phi) is 4.28. The van der Waals surface area contributed by atoms with Crippen LogP contribution in [0, 0.1) is 12.7 Å². The molecule has 0 aliphatic rings. The molecular formula is C12H16FNO. The highest BCUT2D eigenvalue weighted by molar-refractivity contribution is 5.74. The summed E-state index contributed by atoms with van der Waals surface area (Å²) in [4.78, 5) is 10.4. The summed E-state index contributed by atoms with van der Waals surface area (Å²) in [6.07, 6.45) is 3.36. The molecule has 0 aliphatic carbocycles. The van der Waals surface area contributed by atoms with Gasteiger partial charge in [-0.25, -0.2) is 4.39 Å². The summed E-state index contributed by atoms with van der Waals surface area (Å²) in [5.41, 5.74) is 1.75. The van der Waals surface area contributed by atoms with Crippen LogP contribution in [0.1, 0.15) is 30.9 Å². The zero-order valence-electron chi connectivity index (χ0n) is 9.14. The number of anilines is 1. The molecule has 0 saturated heterocycles. The third kappa shape index (κ3) is 2.78. The predicted octanol–water partition coefficient (Wildman–Crippen LogP) is 3.05. The van der Waals surface area contributed by atoms with Crippen LogP contribution >= 0.6 is 0 Å². The minimum absolute atomic E-state index is 0.323. The van der Waals surface area contributed by atoms with E-state index in [9.17, 15) is 9.18 Å². The molecule has 0 spiro atoms. The standard InChI is InChI=1S/C12H16FNO/c1-3-4-5-10-7-6-9(2)11(13)12(10)14-8-15/h6-8H,3-5H2,1-2H3,(H,14,15). The number of unbranched alkanes of at least 4 members (excludes halogenated alkanes) is 1. The molecule has 3 heteroatoms. The van der Waals surface area contributed by atoms with Crippen molar-refractivity contribution in [3.05, 3.63) is 29.1 Å². The van der Waals surface area contributed by atoms with Crippen molar-refractivity contribution in [1.82, 2.24) is 0 Å². The molecule has 0 unspecified atom stereocenters. The van der Waals surface area contributed by atoms with Gasteiger partial charge < -0.3 is 5.32 Å². The molecule has 1 N–H and O–H groups in total. The van der Waals surface area contributed by atoms with Crippen molar-refractivity contribution in [3.8, 4) is 0 Å². The molecule has 1 aromatic carbocycles. The van der Waals surface area contributed by atoms with Gasteiger partial charge in [0.25, 0.3) is 0 Å². The zero-order valence-corrected chi connectivity index (χ0v) is 9.14. The Bertz CT molecular complexity index is 350. The van der Waals surface area contributed by atoms with E-state index in [0.29, 0.717) is 17.7 Å². The summed E-state index contributed by atoms with van der Waals surface area (Å²) in [5.74, 6) is -0.323. The molecule has 0 atom stereocenters. The average Bonchev–Trinajstić information content (AvgIpc) is 2.24. The Morgan fingerprint density at radius 2 is 2.20 bits per heavy atom. The first-order valence-corrected chi connectivity index (χ1v) is 5.18. The van der Waals surface area contributed by atoms with Crippen molar-refractivity contribution >= 4 is 12.1 Å². The fraction of sp³-hybridized carbons (Fsp3) is 0.417. The minimum Gasteiger partial charge on any atom is -0.326 e. The van der Waals surface area contributed by atoms with Gasteiger partial charge in [0.1, 0.15) is 5.82 Å². The number of hydrogen-bond donors (Lipinski definition) is 1. The topological polar surface area (TPSA) is 29.1 Å². The lowest BCUT2D eigenvalue weighted by atomic mass is 10.0. The first kappa shape index (κ1) is 11.7. The van der Waals surface area contributed by atoms with E-state index in [4.69, 9.17) is 0 Å². The molecule has 0 aliphatic heterocycles. The van der Waals surface area contributed by atoms with Crippen molar-refractivity contribution < 1.29 is 9.18 Å². The highest BCUT2D eigenvalue weighted by Crippen LogP contribution is 2.24. The number of carbonyl (C=O) groups excluding carboxylic acids is 1. The van der Waals surface area contributed by atoms with Gasteiger partial charge in [0.15, 0.2) is 0 Å². The molecule has 0 fully saturated rings. The molecule has 1 amide bonds. The maximum Gasteiger partial charge on any atom is 0.211 e. The molecule has 1 aromatic rings. The van der Waals surface area contributed by atoms with Crippen LogP contribution in [0.15, 0.2) is 12.1 Å². The first-order chi connectivity index (χ1) is 7.20. The number of amides is 1. The van der Waals surface area contributed by atoms with E-state index in [0.717, 1.165) is 24.8 Å². The van der Waals surface area contributed by atoms with E-state index >= 15 is 0 Å². The van der Waals surface area contributed by atoms with Crippen LogP contribution in [0.5, 0.6) is 0 Å². The summed E-state index contributed by atoms with van der Waals surface area (Å²) in [7, 11) is 0. The van der Waals surface area contributed by atoms with E-state index < -0.39 is 0 Å². The molecule has 82 valence electrons. The number of nitrogens with one attached hydrogen (secondary N) is 1. The molecular weight excluding hydrogens is 193 g/mol. The van der Waals surface area contributed by atoms with Gasteiger partial charge >= 0.3 is 0 Å². The van der Waals surface area contributed by atoms with Crippen LogP contribution in [-0.4, -0.2) is 6.41 Å². The van der Waals surface area contributed by atoms with Gasteiger partial charge in [-0.15, -0.1) is 0 Å². The normalized spacial score (nSPS) is 10.1. The van der Waals surface area contributed by atoms with Gasteiger partial charge in [0, 0.05) is 0 Å². The van der Waals surface area contributed by atoms with Crippen molar-refractivity contribution in [2.75, 3.05) is 5.32 Å². The molecule has 0 bridgehead atoms. The maximum absolute atomic E-state index is 13.7. The molecule has 0 aromatic heterocycles. The number of benzene rings is 1. The van der Waals surface area contributed by atoms with Crippen LogP contribution in [0.2, 0.25) is 0 Å². The second-order valence-corrected chi connectivity index (χ2v) is 3.60. The van der Waals surface area contributed by atoms with Gasteiger partial charge in [-0.05, 0) is 30.9 Å². The summed E-state index contributed by atoms with van der Waals surface area (Å²) < 4.78 is 13.7. The Hall–Kier alpha value is -1.38. The Morgan fingerprint density at radius 1 is 1.47 bits per heavy atom. The van der Waals surface area contributed by atoms with Crippen LogP contribution in [0.25, 0.3) is 0 Å². The number of halogens is 1. The molecule has 1 rings (SSSR count). The highest BCUT2D eigenvalue weighted by atomic mass is 19.1. The van der Waals surface area contributed by atoms with Crippen LogP contribution in [-0.2, 0) is 11.2 Å². The average molecular weight is 209 g/mol. The van der Waals surface area contributed by atoms with Gasteiger partial charge in [-0.2, -0.15) is 0 Å². The molecule has 0 saturated carbocycles. The Labute approximate surface area is 89.5 Å². The van der Waals surface area contributed by atoms with Crippen molar-refractivity contribution in [2.24, 2.45) is 0 Å². The Balaban J connectivity index is 3.02. The SMILES string of the molecule is CCCCc1ccc(C)c(F)c1NC=O. The van der Waals surface area contributed by atoms with E-state index in [2.05, 4.69) is 12.2 Å². The van der Waals surface area contributed by atoms with E-state index in [1.165, 1.54) is 0 Å². The maximum atomic E-state index is 13.7. The first-order valence-electron chi connectivity index (χ1n) is 5.18. The molecule has 0 radical (unpaired) electrons. The second-order valence-electron chi connectivity index (χ2n) is 3.60. The Morgan fingerprint density at radius 3 is 2.80 bits per heavy atom. The minimum atomic E-state index is -0.323. The monoisotopic (exact) mass is 209 g/mol. The fourth-order valence-corrected chi connectivity index (χ4v) is 1.51. The van der Waals surface area contributed by atoms with Crippen molar-refractivity contribution in [3.63, 3.8) is 0 Å². The summed E-state index contributed by atoms with van der Waals surface area (Å²) in [5, 5.41) is 2.44. The molecule has 2 nitrogen and oxygen atoms in total. The number of hydrogen-bond acceptors (Lipinski definition) is 1. The quantitative estimate of drug-likeness (QED) is 0.742. The largest absolute Gasteiger partial charge is 0.326 e. The lowest BCUT2D eigenvalue weighted by molar-refractivity contribution is -0.105. The van der Waals surface area contributed by atoms with E-state index in [-0.39, 0.29) is 5.82 Å². The van der Waals surface area contributed by atoms with Gasteiger partial charge in [0.2, 0.25) is 6.41 Å². The third-order valence-corrected chi connectivity index (χ3v) is 2.42. The summed E-state index contributed by atoms with van der Waals surface area (Å²) in [6, 6.07) is 3.62.